The minimum Gasteiger partial charge on any atom is -0.347 e. The minimum atomic E-state index is -0.258. The highest BCUT2D eigenvalue weighted by molar-refractivity contribution is 6.31. The van der Waals surface area contributed by atoms with Crippen LogP contribution in [-0.2, 0) is 6.54 Å². The monoisotopic (exact) mass is 485 g/mol. The van der Waals surface area contributed by atoms with Gasteiger partial charge in [0.2, 0.25) is 5.43 Å². The van der Waals surface area contributed by atoms with Crippen LogP contribution >= 0.6 is 11.6 Å². The number of fused-ring (bicyclic) bond motifs is 1. The van der Waals surface area contributed by atoms with E-state index in [0.717, 1.165) is 18.6 Å². The SMILES string of the molecule is CCn1cc(C(=O)N2CCN(C(c3ccccc3)c3ccccc3)CC2)c(=O)c2cc(Cl)ccc21. The molecular weight excluding hydrogens is 458 g/mol. The fourth-order valence-corrected chi connectivity index (χ4v) is 5.19. The van der Waals surface area contributed by atoms with E-state index in [1.54, 1.807) is 23.2 Å². The number of halogens is 1. The number of hydrogen-bond donors (Lipinski definition) is 0. The molecule has 6 heteroatoms. The third-order valence-electron chi connectivity index (χ3n) is 6.81. The summed E-state index contributed by atoms with van der Waals surface area (Å²) in [6.07, 6.45) is 1.70. The van der Waals surface area contributed by atoms with Crippen molar-refractivity contribution in [2.75, 3.05) is 26.2 Å². The van der Waals surface area contributed by atoms with Gasteiger partial charge in [-0.05, 0) is 36.2 Å². The molecule has 0 unspecified atom stereocenters. The van der Waals surface area contributed by atoms with Crippen LogP contribution in [0.4, 0.5) is 0 Å². The molecule has 1 fully saturated rings. The van der Waals surface area contributed by atoms with Gasteiger partial charge >= 0.3 is 0 Å². The van der Waals surface area contributed by atoms with E-state index in [4.69, 9.17) is 11.6 Å². The fraction of sp³-hybridized carbons (Fsp3) is 0.241. The zero-order valence-electron chi connectivity index (χ0n) is 19.7. The number of amides is 1. The van der Waals surface area contributed by atoms with Gasteiger partial charge in [0.25, 0.3) is 5.91 Å². The average molecular weight is 486 g/mol. The highest BCUT2D eigenvalue weighted by Gasteiger charge is 2.29. The quantitative estimate of drug-likeness (QED) is 0.389. The first-order chi connectivity index (χ1) is 17.1. The summed E-state index contributed by atoms with van der Waals surface area (Å²) in [4.78, 5) is 31.0. The van der Waals surface area contributed by atoms with Crippen LogP contribution in [0.2, 0.25) is 5.02 Å². The van der Waals surface area contributed by atoms with E-state index >= 15 is 0 Å². The summed E-state index contributed by atoms with van der Waals surface area (Å²) in [6.45, 7) is 5.23. The zero-order valence-corrected chi connectivity index (χ0v) is 20.5. The molecule has 1 saturated heterocycles. The summed E-state index contributed by atoms with van der Waals surface area (Å²) in [6, 6.07) is 26.3. The normalized spacial score (nSPS) is 14.5. The molecular formula is C29H28ClN3O2. The van der Waals surface area contributed by atoms with Gasteiger partial charge < -0.3 is 9.47 Å². The Balaban J connectivity index is 1.40. The summed E-state index contributed by atoms with van der Waals surface area (Å²) in [5.41, 5.74) is 3.20. The predicted molar refractivity (Wildman–Crippen MR) is 141 cm³/mol. The van der Waals surface area contributed by atoms with Crippen LogP contribution in [0.25, 0.3) is 10.9 Å². The number of pyridine rings is 1. The van der Waals surface area contributed by atoms with Crippen LogP contribution in [-0.4, -0.2) is 46.5 Å². The Bertz CT molecular complexity index is 1350. The first kappa shape index (κ1) is 23.3. The van der Waals surface area contributed by atoms with Gasteiger partial charge in [-0.2, -0.15) is 0 Å². The molecule has 2 heterocycles. The molecule has 1 aromatic heterocycles. The Morgan fingerprint density at radius 1 is 0.886 bits per heavy atom. The van der Waals surface area contributed by atoms with Crippen molar-refractivity contribution in [1.29, 1.82) is 0 Å². The molecule has 0 radical (unpaired) electrons. The maximum absolute atomic E-state index is 13.5. The highest BCUT2D eigenvalue weighted by Crippen LogP contribution is 2.29. The van der Waals surface area contributed by atoms with Gasteiger partial charge in [0, 0.05) is 49.3 Å². The molecule has 0 spiro atoms. The molecule has 0 saturated carbocycles. The highest BCUT2D eigenvalue weighted by atomic mass is 35.5. The van der Waals surface area contributed by atoms with Gasteiger partial charge in [-0.25, -0.2) is 0 Å². The smallest absolute Gasteiger partial charge is 0.259 e. The largest absolute Gasteiger partial charge is 0.347 e. The maximum Gasteiger partial charge on any atom is 0.259 e. The third kappa shape index (κ3) is 4.62. The Hall–Kier alpha value is -3.41. The van der Waals surface area contributed by atoms with Crippen molar-refractivity contribution in [1.82, 2.24) is 14.4 Å². The Morgan fingerprint density at radius 2 is 1.49 bits per heavy atom. The van der Waals surface area contributed by atoms with Crippen molar-refractivity contribution in [2.24, 2.45) is 0 Å². The molecule has 5 rings (SSSR count). The van der Waals surface area contributed by atoms with Gasteiger partial charge in [-0.15, -0.1) is 0 Å². The molecule has 1 aliphatic heterocycles. The summed E-state index contributed by atoms with van der Waals surface area (Å²) in [5, 5.41) is 0.973. The number of aryl methyl sites for hydroxylation is 1. The van der Waals surface area contributed by atoms with Gasteiger partial charge in [-0.3, -0.25) is 14.5 Å². The molecule has 0 aliphatic carbocycles. The van der Waals surface area contributed by atoms with E-state index in [1.165, 1.54) is 11.1 Å². The number of hydrogen-bond acceptors (Lipinski definition) is 3. The second-order valence-corrected chi connectivity index (χ2v) is 9.31. The topological polar surface area (TPSA) is 45.6 Å². The van der Waals surface area contributed by atoms with E-state index in [9.17, 15) is 9.59 Å². The minimum absolute atomic E-state index is 0.120. The zero-order chi connectivity index (χ0) is 24.4. The molecule has 0 N–H and O–H groups in total. The fourth-order valence-electron chi connectivity index (χ4n) is 5.02. The van der Waals surface area contributed by atoms with Crippen molar-refractivity contribution >= 4 is 28.4 Å². The standard InChI is InChI=1S/C29H28ClN3O2/c1-2-31-20-25(28(34)24-19-23(30)13-14-26(24)31)29(35)33-17-15-32(16-18-33)27(21-9-5-3-6-10-21)22-11-7-4-8-12-22/h3-14,19-20,27H,2,15-18H2,1H3. The second-order valence-electron chi connectivity index (χ2n) is 8.87. The van der Waals surface area contributed by atoms with Crippen LogP contribution in [0, 0.1) is 0 Å². The summed E-state index contributed by atoms with van der Waals surface area (Å²) >= 11 is 6.16. The van der Waals surface area contributed by atoms with Gasteiger partial charge in [-0.1, -0.05) is 72.3 Å². The molecule has 0 bridgehead atoms. The molecule has 0 atom stereocenters. The van der Waals surface area contributed by atoms with Crippen molar-refractivity contribution in [3.8, 4) is 0 Å². The van der Waals surface area contributed by atoms with Crippen LogP contribution in [0.5, 0.6) is 0 Å². The first-order valence-corrected chi connectivity index (χ1v) is 12.4. The Labute approximate surface area is 210 Å². The van der Waals surface area contributed by atoms with Crippen molar-refractivity contribution < 1.29 is 4.79 Å². The van der Waals surface area contributed by atoms with Crippen LogP contribution in [0.3, 0.4) is 0 Å². The van der Waals surface area contributed by atoms with E-state index in [2.05, 4.69) is 53.4 Å². The second kappa shape index (κ2) is 10.1. The van der Waals surface area contributed by atoms with Crippen LogP contribution < -0.4 is 5.43 Å². The summed E-state index contributed by atoms with van der Waals surface area (Å²) < 4.78 is 1.94. The number of benzene rings is 3. The molecule has 1 aliphatic rings. The summed E-state index contributed by atoms with van der Waals surface area (Å²) in [7, 11) is 0. The number of aromatic nitrogens is 1. The van der Waals surface area contributed by atoms with E-state index < -0.39 is 0 Å². The average Bonchev–Trinajstić information content (AvgIpc) is 2.91. The van der Waals surface area contributed by atoms with Crippen molar-refractivity contribution in [3.63, 3.8) is 0 Å². The molecule has 5 nitrogen and oxygen atoms in total. The number of nitrogens with zero attached hydrogens (tertiary/aromatic N) is 3. The molecule has 3 aromatic carbocycles. The first-order valence-electron chi connectivity index (χ1n) is 12.0. The molecule has 1 amide bonds. The summed E-state index contributed by atoms with van der Waals surface area (Å²) in [5.74, 6) is -0.213. The lowest BCUT2D eigenvalue weighted by Gasteiger charge is -2.39. The van der Waals surface area contributed by atoms with E-state index in [1.807, 2.05) is 29.7 Å². The van der Waals surface area contributed by atoms with E-state index in [0.29, 0.717) is 30.0 Å². The van der Waals surface area contributed by atoms with Crippen molar-refractivity contribution in [2.45, 2.75) is 19.5 Å². The number of carbonyl (C=O) groups is 1. The van der Waals surface area contributed by atoms with Gasteiger partial charge in [0.1, 0.15) is 5.56 Å². The predicted octanol–water partition coefficient (Wildman–Crippen LogP) is 5.22. The lowest BCUT2D eigenvalue weighted by molar-refractivity contribution is 0.0595. The van der Waals surface area contributed by atoms with Crippen LogP contribution in [0.1, 0.15) is 34.5 Å². The lowest BCUT2D eigenvalue weighted by Crippen LogP contribution is -2.50. The third-order valence-corrected chi connectivity index (χ3v) is 7.05. The molecule has 4 aromatic rings. The maximum atomic E-state index is 13.5. The lowest BCUT2D eigenvalue weighted by atomic mass is 9.96. The van der Waals surface area contributed by atoms with Crippen molar-refractivity contribution in [3.05, 3.63) is 117 Å². The van der Waals surface area contributed by atoms with Gasteiger partial charge in [0.15, 0.2) is 0 Å². The van der Waals surface area contributed by atoms with Gasteiger partial charge in [0.05, 0.1) is 11.6 Å². The van der Waals surface area contributed by atoms with E-state index in [-0.39, 0.29) is 22.9 Å². The number of piperazine rings is 1. The molecule has 35 heavy (non-hydrogen) atoms. The Morgan fingerprint density at radius 3 is 2.06 bits per heavy atom. The van der Waals surface area contributed by atoms with Crippen LogP contribution in [0.15, 0.2) is 89.9 Å². The Kier molecular flexibility index (Phi) is 6.71. The number of carbonyl (C=O) groups excluding carboxylic acids is 1. The number of rotatable bonds is 5. The molecule has 178 valence electrons.